The summed E-state index contributed by atoms with van der Waals surface area (Å²) >= 11 is 1.47. The summed E-state index contributed by atoms with van der Waals surface area (Å²) in [4.78, 5) is 12.6. The lowest BCUT2D eigenvalue weighted by molar-refractivity contribution is -0.117. The van der Waals surface area contributed by atoms with Crippen molar-refractivity contribution in [3.8, 4) is 0 Å². The van der Waals surface area contributed by atoms with E-state index in [1.54, 1.807) is 23.9 Å². The van der Waals surface area contributed by atoms with Crippen LogP contribution in [-0.4, -0.2) is 27.3 Å². The molecule has 1 unspecified atom stereocenters. The molecule has 0 spiro atoms. The van der Waals surface area contributed by atoms with Crippen LogP contribution in [0.15, 0.2) is 29.8 Å². The molecule has 6 heteroatoms. The summed E-state index contributed by atoms with van der Waals surface area (Å²) in [5.41, 5.74) is 0.837. The Morgan fingerprint density at radius 2 is 2.38 bits per heavy atom. The molecule has 0 aliphatic heterocycles. The second-order valence-electron chi connectivity index (χ2n) is 5.11. The minimum atomic E-state index is -1.05. The molecule has 0 aliphatic carbocycles. The zero-order valence-electron chi connectivity index (χ0n) is 12.3. The fourth-order valence-electron chi connectivity index (χ4n) is 1.84. The smallest absolute Gasteiger partial charge is 0.244 e. The molecule has 0 fully saturated rings. The predicted octanol–water partition coefficient (Wildman–Crippen LogP) is 1.83. The molecule has 0 saturated heterocycles. The van der Waals surface area contributed by atoms with E-state index in [0.29, 0.717) is 0 Å². The van der Waals surface area contributed by atoms with Crippen LogP contribution in [0.2, 0.25) is 0 Å². The molecule has 2 rings (SSSR count). The maximum Gasteiger partial charge on any atom is 0.244 e. The molecule has 1 amide bonds. The van der Waals surface area contributed by atoms with Gasteiger partial charge in [0.05, 0.1) is 12.7 Å². The maximum atomic E-state index is 11.8. The highest BCUT2D eigenvalue weighted by atomic mass is 32.1. The molecule has 0 radical (unpaired) electrons. The largest absolute Gasteiger partial charge is 0.383 e. The lowest BCUT2D eigenvalue weighted by atomic mass is 10.1. The van der Waals surface area contributed by atoms with Gasteiger partial charge in [-0.25, -0.2) is 0 Å². The first kappa shape index (κ1) is 15.5. The molecule has 0 aromatic carbocycles. The molecule has 0 bridgehead atoms. The topological polar surface area (TPSA) is 67.2 Å². The molecule has 2 aromatic rings. The number of nitrogens with zero attached hydrogens (tertiary/aromatic N) is 2. The van der Waals surface area contributed by atoms with Crippen molar-refractivity contribution in [2.75, 3.05) is 6.54 Å². The highest BCUT2D eigenvalue weighted by Crippen LogP contribution is 2.24. The van der Waals surface area contributed by atoms with Gasteiger partial charge in [-0.3, -0.25) is 9.48 Å². The predicted molar refractivity (Wildman–Crippen MR) is 83.9 cm³/mol. The summed E-state index contributed by atoms with van der Waals surface area (Å²) in [6.07, 6.45) is 4.88. The van der Waals surface area contributed by atoms with E-state index < -0.39 is 5.60 Å². The zero-order valence-corrected chi connectivity index (χ0v) is 13.1. The summed E-state index contributed by atoms with van der Waals surface area (Å²) in [6.45, 7) is 3.79. The van der Waals surface area contributed by atoms with Crippen molar-refractivity contribution < 1.29 is 9.90 Å². The van der Waals surface area contributed by atoms with Gasteiger partial charge in [-0.15, -0.1) is 11.3 Å². The molecule has 2 aromatic heterocycles. The van der Waals surface area contributed by atoms with Gasteiger partial charge in [0.1, 0.15) is 5.60 Å². The van der Waals surface area contributed by atoms with Crippen LogP contribution in [-0.2, 0) is 17.4 Å². The number of thiophene rings is 1. The number of nitrogens with one attached hydrogen (secondary N) is 1. The molecule has 0 aliphatic rings. The summed E-state index contributed by atoms with van der Waals surface area (Å²) < 4.78 is 1.75. The Balaban J connectivity index is 1.92. The van der Waals surface area contributed by atoms with E-state index in [-0.39, 0.29) is 12.5 Å². The fraction of sp³-hybridized carbons (Fsp3) is 0.333. The van der Waals surface area contributed by atoms with Crippen molar-refractivity contribution in [1.29, 1.82) is 0 Å². The quantitative estimate of drug-likeness (QED) is 0.828. The van der Waals surface area contributed by atoms with Crippen LogP contribution in [0.5, 0.6) is 0 Å². The van der Waals surface area contributed by atoms with Crippen molar-refractivity contribution in [3.63, 3.8) is 0 Å². The Morgan fingerprint density at radius 1 is 1.62 bits per heavy atom. The van der Waals surface area contributed by atoms with E-state index in [4.69, 9.17) is 0 Å². The molecule has 5 nitrogen and oxygen atoms in total. The third kappa shape index (κ3) is 3.80. The number of rotatable bonds is 5. The van der Waals surface area contributed by atoms with E-state index in [0.717, 1.165) is 16.1 Å². The molecule has 21 heavy (non-hydrogen) atoms. The number of hydrogen-bond donors (Lipinski definition) is 2. The summed E-state index contributed by atoms with van der Waals surface area (Å²) in [5.74, 6) is -0.241. The molecule has 1 atom stereocenters. The second kappa shape index (κ2) is 6.24. The van der Waals surface area contributed by atoms with E-state index in [1.165, 1.54) is 17.4 Å². The van der Waals surface area contributed by atoms with E-state index in [1.807, 2.05) is 31.5 Å². The van der Waals surface area contributed by atoms with Crippen LogP contribution in [0.3, 0.4) is 0 Å². The number of hydrogen-bond acceptors (Lipinski definition) is 4. The number of amides is 1. The minimum Gasteiger partial charge on any atom is -0.383 e. The molecule has 2 heterocycles. The molecule has 112 valence electrons. The SMILES string of the molecule is Cc1c(/C=C/C(=O)NCC(C)(O)c2cccs2)cnn1C. The highest BCUT2D eigenvalue weighted by Gasteiger charge is 2.24. The normalized spacial score (nSPS) is 14.3. The Labute approximate surface area is 127 Å². The van der Waals surface area contributed by atoms with E-state index in [9.17, 15) is 9.90 Å². The van der Waals surface area contributed by atoms with Gasteiger partial charge in [0, 0.05) is 29.3 Å². The van der Waals surface area contributed by atoms with Gasteiger partial charge < -0.3 is 10.4 Å². The van der Waals surface area contributed by atoms with Crippen molar-refractivity contribution in [1.82, 2.24) is 15.1 Å². The average Bonchev–Trinajstić information content (AvgIpc) is 3.08. The lowest BCUT2D eigenvalue weighted by Crippen LogP contribution is -2.37. The van der Waals surface area contributed by atoms with Crippen molar-refractivity contribution >= 4 is 23.3 Å². The zero-order chi connectivity index (χ0) is 15.5. The van der Waals surface area contributed by atoms with Crippen LogP contribution in [0.1, 0.15) is 23.1 Å². The van der Waals surface area contributed by atoms with Crippen LogP contribution < -0.4 is 5.32 Å². The van der Waals surface area contributed by atoms with Crippen LogP contribution in [0.4, 0.5) is 0 Å². The van der Waals surface area contributed by atoms with Crippen molar-refractivity contribution in [3.05, 3.63) is 45.9 Å². The van der Waals surface area contributed by atoms with Gasteiger partial charge in [0.15, 0.2) is 0 Å². The monoisotopic (exact) mass is 305 g/mol. The van der Waals surface area contributed by atoms with Crippen molar-refractivity contribution in [2.45, 2.75) is 19.4 Å². The average molecular weight is 305 g/mol. The van der Waals surface area contributed by atoms with E-state index >= 15 is 0 Å². The van der Waals surface area contributed by atoms with Crippen LogP contribution in [0, 0.1) is 6.92 Å². The Bertz CT molecular complexity index is 642. The molecular formula is C15H19N3O2S. The third-order valence-corrected chi connectivity index (χ3v) is 4.47. The number of aromatic nitrogens is 2. The van der Waals surface area contributed by atoms with Gasteiger partial charge >= 0.3 is 0 Å². The number of carbonyl (C=O) groups excluding carboxylic acids is 1. The molecule has 0 saturated carbocycles. The van der Waals surface area contributed by atoms with Gasteiger partial charge in [-0.05, 0) is 31.4 Å². The van der Waals surface area contributed by atoms with Gasteiger partial charge in [-0.2, -0.15) is 5.10 Å². The standard InChI is InChI=1S/C15H19N3O2S/c1-11-12(9-17-18(11)3)6-7-14(19)16-10-15(2,20)13-5-4-8-21-13/h4-9,20H,10H2,1-3H3,(H,16,19)/b7-6+. The van der Waals surface area contributed by atoms with Gasteiger partial charge in [-0.1, -0.05) is 6.07 Å². The number of carbonyl (C=O) groups is 1. The summed E-state index contributed by atoms with van der Waals surface area (Å²) in [6, 6.07) is 3.73. The second-order valence-corrected chi connectivity index (χ2v) is 6.06. The minimum absolute atomic E-state index is 0.169. The van der Waals surface area contributed by atoms with Crippen molar-refractivity contribution in [2.24, 2.45) is 7.05 Å². The number of aliphatic hydroxyl groups is 1. The molecular weight excluding hydrogens is 286 g/mol. The fourth-order valence-corrected chi connectivity index (χ4v) is 2.62. The van der Waals surface area contributed by atoms with Crippen LogP contribution in [0.25, 0.3) is 6.08 Å². The van der Waals surface area contributed by atoms with Gasteiger partial charge in [0.2, 0.25) is 5.91 Å². The maximum absolute atomic E-state index is 11.8. The first-order chi connectivity index (χ1) is 9.90. The van der Waals surface area contributed by atoms with E-state index in [2.05, 4.69) is 10.4 Å². The summed E-state index contributed by atoms with van der Waals surface area (Å²) in [7, 11) is 1.85. The highest BCUT2D eigenvalue weighted by molar-refractivity contribution is 7.10. The first-order valence-corrected chi connectivity index (χ1v) is 7.49. The third-order valence-electron chi connectivity index (χ3n) is 3.35. The number of aryl methyl sites for hydroxylation is 1. The summed E-state index contributed by atoms with van der Waals surface area (Å²) in [5, 5.41) is 19.0. The van der Waals surface area contributed by atoms with Crippen LogP contribution >= 0.6 is 11.3 Å². The van der Waals surface area contributed by atoms with Gasteiger partial charge in [0.25, 0.3) is 0 Å². The first-order valence-electron chi connectivity index (χ1n) is 6.61. The molecule has 2 N–H and O–H groups in total. The Hall–Kier alpha value is -1.92. The lowest BCUT2D eigenvalue weighted by Gasteiger charge is -2.21. The Kier molecular flexibility index (Phi) is 4.59. The Morgan fingerprint density at radius 3 is 2.95 bits per heavy atom.